The van der Waals surface area contributed by atoms with Gasteiger partial charge >= 0.3 is 0 Å². The van der Waals surface area contributed by atoms with Crippen LogP contribution in [0.3, 0.4) is 0 Å². The lowest BCUT2D eigenvalue weighted by Crippen LogP contribution is -2.51. The van der Waals surface area contributed by atoms with Gasteiger partial charge in [0.15, 0.2) is 5.78 Å². The summed E-state index contributed by atoms with van der Waals surface area (Å²) in [6, 6.07) is 2.26. The minimum atomic E-state index is -0.796. The average molecular weight is 325 g/mol. The summed E-state index contributed by atoms with van der Waals surface area (Å²) < 4.78 is 0. The van der Waals surface area contributed by atoms with Gasteiger partial charge in [0, 0.05) is 11.8 Å². The standard InChI is InChI=1S/C21H27NO2/c1-2-20-9-7-17-16-6-4-15(23)13-14(16)3-5-18(17)19(20)8-10-21(20,24)11-12-22/h13,18-19,24H,2-11H2,1H3/t18-,19+,20?,21-/m1/s1. The van der Waals surface area contributed by atoms with E-state index in [0.717, 1.165) is 51.4 Å². The van der Waals surface area contributed by atoms with Gasteiger partial charge in [0.1, 0.15) is 0 Å². The van der Waals surface area contributed by atoms with Gasteiger partial charge in [-0.05, 0) is 80.4 Å². The van der Waals surface area contributed by atoms with Crippen LogP contribution in [0, 0.1) is 28.6 Å². The number of aliphatic hydroxyl groups is 1. The maximum atomic E-state index is 11.8. The molecule has 1 unspecified atom stereocenters. The van der Waals surface area contributed by atoms with E-state index in [0.29, 0.717) is 18.3 Å². The number of ketones is 1. The fourth-order valence-corrected chi connectivity index (χ4v) is 6.63. The summed E-state index contributed by atoms with van der Waals surface area (Å²) in [5.41, 5.74) is 3.49. The smallest absolute Gasteiger partial charge is 0.156 e. The van der Waals surface area contributed by atoms with Crippen LogP contribution in [0.1, 0.15) is 71.1 Å². The van der Waals surface area contributed by atoms with E-state index in [-0.39, 0.29) is 17.6 Å². The highest BCUT2D eigenvalue weighted by atomic mass is 16.3. The molecular formula is C21H27NO2. The number of carbonyl (C=O) groups is 1. The van der Waals surface area contributed by atoms with Crippen LogP contribution in [-0.4, -0.2) is 16.5 Å². The highest BCUT2D eigenvalue weighted by Gasteiger charge is 2.62. The Hall–Kier alpha value is -1.40. The topological polar surface area (TPSA) is 61.1 Å². The van der Waals surface area contributed by atoms with Gasteiger partial charge in [-0.2, -0.15) is 5.26 Å². The second-order valence-electron chi connectivity index (χ2n) is 8.31. The molecule has 128 valence electrons. The summed E-state index contributed by atoms with van der Waals surface area (Å²) >= 11 is 0. The maximum Gasteiger partial charge on any atom is 0.156 e. The van der Waals surface area contributed by atoms with E-state index < -0.39 is 5.60 Å². The van der Waals surface area contributed by atoms with Crippen LogP contribution in [0.4, 0.5) is 0 Å². The Kier molecular flexibility index (Phi) is 3.73. The lowest BCUT2D eigenvalue weighted by atomic mass is 9.53. The molecule has 2 saturated carbocycles. The molecule has 1 N–H and O–H groups in total. The van der Waals surface area contributed by atoms with Crippen LogP contribution >= 0.6 is 0 Å². The monoisotopic (exact) mass is 325 g/mol. The largest absolute Gasteiger partial charge is 0.388 e. The lowest BCUT2D eigenvalue weighted by Gasteiger charge is -2.53. The molecule has 0 aliphatic heterocycles. The van der Waals surface area contributed by atoms with E-state index in [1.807, 2.05) is 6.08 Å². The van der Waals surface area contributed by atoms with Crippen LogP contribution < -0.4 is 0 Å². The van der Waals surface area contributed by atoms with Crippen molar-refractivity contribution in [3.63, 3.8) is 0 Å². The van der Waals surface area contributed by atoms with Gasteiger partial charge in [-0.3, -0.25) is 4.79 Å². The molecular weight excluding hydrogens is 298 g/mol. The van der Waals surface area contributed by atoms with E-state index in [4.69, 9.17) is 0 Å². The Morgan fingerprint density at radius 2 is 2.08 bits per heavy atom. The Bertz CT molecular complexity index is 682. The van der Waals surface area contributed by atoms with Crippen LogP contribution in [-0.2, 0) is 4.79 Å². The molecule has 0 heterocycles. The first-order valence-electron chi connectivity index (χ1n) is 9.59. The first-order valence-corrected chi connectivity index (χ1v) is 9.59. The van der Waals surface area contributed by atoms with Gasteiger partial charge in [0.2, 0.25) is 0 Å². The summed E-state index contributed by atoms with van der Waals surface area (Å²) in [6.45, 7) is 2.20. The summed E-state index contributed by atoms with van der Waals surface area (Å²) in [6.07, 6.45) is 10.7. The van der Waals surface area contributed by atoms with Gasteiger partial charge in [0.05, 0.1) is 18.1 Å². The number of allylic oxidation sites excluding steroid dienone is 4. The third-order valence-corrected chi connectivity index (χ3v) is 7.74. The Balaban J connectivity index is 1.74. The van der Waals surface area contributed by atoms with E-state index in [9.17, 15) is 15.2 Å². The van der Waals surface area contributed by atoms with Gasteiger partial charge in [0.25, 0.3) is 0 Å². The number of fused-ring (bicyclic) bond motifs is 4. The summed E-state index contributed by atoms with van der Waals surface area (Å²) in [5.74, 6) is 1.36. The zero-order valence-electron chi connectivity index (χ0n) is 14.6. The van der Waals surface area contributed by atoms with E-state index in [1.54, 1.807) is 5.57 Å². The predicted molar refractivity (Wildman–Crippen MR) is 91.9 cm³/mol. The number of rotatable bonds is 2. The van der Waals surface area contributed by atoms with Crippen LogP contribution in [0.25, 0.3) is 0 Å². The third-order valence-electron chi connectivity index (χ3n) is 7.74. The lowest BCUT2D eigenvalue weighted by molar-refractivity contribution is -0.114. The molecule has 0 aromatic carbocycles. The molecule has 4 atom stereocenters. The summed E-state index contributed by atoms with van der Waals surface area (Å²) in [5, 5.41) is 20.5. The van der Waals surface area contributed by atoms with E-state index in [1.165, 1.54) is 11.1 Å². The highest BCUT2D eigenvalue weighted by molar-refractivity contribution is 5.93. The van der Waals surface area contributed by atoms with E-state index in [2.05, 4.69) is 13.0 Å². The van der Waals surface area contributed by atoms with Crippen molar-refractivity contribution in [1.82, 2.24) is 0 Å². The molecule has 0 spiro atoms. The summed E-state index contributed by atoms with van der Waals surface area (Å²) in [4.78, 5) is 11.8. The molecule has 0 saturated heterocycles. The SMILES string of the molecule is CCC12CCC3=C4CCC(=O)C=C4CC[C@H]3[C@@H]1CC[C@@]2(O)CC#N. The number of hydrogen-bond acceptors (Lipinski definition) is 3. The quantitative estimate of drug-likeness (QED) is 0.826. The van der Waals surface area contributed by atoms with Gasteiger partial charge in [-0.1, -0.05) is 12.5 Å². The van der Waals surface area contributed by atoms with Crippen molar-refractivity contribution < 1.29 is 9.90 Å². The molecule has 0 radical (unpaired) electrons. The minimum absolute atomic E-state index is 0.0802. The van der Waals surface area contributed by atoms with Crippen molar-refractivity contribution in [2.75, 3.05) is 0 Å². The molecule has 4 aliphatic rings. The van der Waals surface area contributed by atoms with Gasteiger partial charge < -0.3 is 5.11 Å². The van der Waals surface area contributed by atoms with Gasteiger partial charge in [-0.15, -0.1) is 0 Å². The van der Waals surface area contributed by atoms with Crippen molar-refractivity contribution in [3.05, 3.63) is 22.8 Å². The predicted octanol–water partition coefficient (Wildman–Crippen LogP) is 4.23. The first kappa shape index (κ1) is 16.1. The molecule has 0 bridgehead atoms. The zero-order valence-corrected chi connectivity index (χ0v) is 14.6. The fraction of sp³-hybridized carbons (Fsp3) is 0.714. The van der Waals surface area contributed by atoms with Crippen LogP contribution in [0.15, 0.2) is 22.8 Å². The van der Waals surface area contributed by atoms with Crippen molar-refractivity contribution >= 4 is 5.78 Å². The van der Waals surface area contributed by atoms with Crippen LogP contribution in [0.2, 0.25) is 0 Å². The number of carbonyl (C=O) groups excluding carboxylic acids is 1. The molecule has 0 aromatic rings. The van der Waals surface area contributed by atoms with Crippen molar-refractivity contribution in [1.29, 1.82) is 5.26 Å². The minimum Gasteiger partial charge on any atom is -0.388 e. The van der Waals surface area contributed by atoms with Crippen molar-refractivity contribution in [2.45, 2.75) is 76.7 Å². The summed E-state index contributed by atoms with van der Waals surface area (Å²) in [7, 11) is 0. The second kappa shape index (κ2) is 5.56. The average Bonchev–Trinajstić information content (AvgIpc) is 2.88. The molecule has 4 aliphatic carbocycles. The molecule has 2 fully saturated rings. The molecule has 0 aromatic heterocycles. The number of nitrogens with zero attached hydrogens (tertiary/aromatic N) is 1. The second-order valence-corrected chi connectivity index (χ2v) is 8.31. The van der Waals surface area contributed by atoms with Crippen molar-refractivity contribution in [3.8, 4) is 6.07 Å². The van der Waals surface area contributed by atoms with Gasteiger partial charge in [-0.25, -0.2) is 0 Å². The van der Waals surface area contributed by atoms with Crippen molar-refractivity contribution in [2.24, 2.45) is 17.3 Å². The molecule has 24 heavy (non-hydrogen) atoms. The Labute approximate surface area is 144 Å². The number of nitriles is 1. The molecule has 0 amide bonds. The molecule has 3 heteroatoms. The number of hydrogen-bond donors (Lipinski definition) is 1. The fourth-order valence-electron chi connectivity index (χ4n) is 6.63. The Morgan fingerprint density at radius 3 is 2.83 bits per heavy atom. The van der Waals surface area contributed by atoms with E-state index >= 15 is 0 Å². The highest BCUT2D eigenvalue weighted by Crippen LogP contribution is 2.65. The first-order chi connectivity index (χ1) is 11.5. The normalized spacial score (nSPS) is 41.2. The molecule has 3 nitrogen and oxygen atoms in total. The molecule has 4 rings (SSSR count). The Morgan fingerprint density at radius 1 is 1.25 bits per heavy atom. The third kappa shape index (κ3) is 2.02. The van der Waals surface area contributed by atoms with Crippen LogP contribution in [0.5, 0.6) is 0 Å². The zero-order chi connectivity index (χ0) is 16.9. The maximum absolute atomic E-state index is 11.8.